The molecule has 6 nitrogen and oxygen atoms in total. The Hall–Kier alpha value is -1.40. The molecule has 1 aromatic heterocycles. The number of fused-ring (bicyclic) bond motifs is 1. The molecular weight excluding hydrogens is 233 g/mol. The van der Waals surface area contributed by atoms with E-state index in [1.165, 1.54) is 6.07 Å². The van der Waals surface area contributed by atoms with Crippen LogP contribution in [0.1, 0.15) is 0 Å². The molecule has 0 aliphatic rings. The third-order valence-corrected chi connectivity index (χ3v) is 2.25. The molecule has 0 aliphatic carbocycles. The maximum absolute atomic E-state index is 10.6. The lowest BCUT2D eigenvalue weighted by atomic mass is 10.3. The Bertz CT molecular complexity index is 524. The third kappa shape index (κ3) is 1.19. The Morgan fingerprint density at radius 1 is 1.43 bits per heavy atom. The highest BCUT2D eigenvalue weighted by Crippen LogP contribution is 2.37. The minimum Gasteiger partial charge on any atom is -0.258 e. The van der Waals surface area contributed by atoms with Crippen LogP contribution in [0.15, 0.2) is 10.7 Å². The molecule has 8 heteroatoms. The van der Waals surface area contributed by atoms with Gasteiger partial charge in [0.2, 0.25) is 0 Å². The Labute approximate surface area is 86.5 Å². The van der Waals surface area contributed by atoms with E-state index < -0.39 is 10.6 Å². The first kappa shape index (κ1) is 9.17. The number of halogens is 2. The summed E-state index contributed by atoms with van der Waals surface area (Å²) in [4.78, 5) is 9.88. The maximum atomic E-state index is 10.6. The summed E-state index contributed by atoms with van der Waals surface area (Å²) in [7, 11) is 0. The standard InChI is InChI=1S/C6HCl2N3O3/c7-2-1-3-5(10-14-9-3)4(8)6(2)11(12)13/h1H. The van der Waals surface area contributed by atoms with Crippen LogP contribution in [0.4, 0.5) is 5.69 Å². The van der Waals surface area contributed by atoms with Gasteiger partial charge in [0.15, 0.2) is 10.5 Å². The Morgan fingerprint density at radius 2 is 2.14 bits per heavy atom. The van der Waals surface area contributed by atoms with Crippen molar-refractivity contribution in [2.75, 3.05) is 0 Å². The van der Waals surface area contributed by atoms with Crippen LogP contribution in [0.2, 0.25) is 10.0 Å². The molecule has 2 rings (SSSR count). The van der Waals surface area contributed by atoms with E-state index in [0.717, 1.165) is 0 Å². The Morgan fingerprint density at radius 3 is 2.79 bits per heavy atom. The molecular formula is C6HCl2N3O3. The van der Waals surface area contributed by atoms with Gasteiger partial charge >= 0.3 is 5.69 Å². The number of hydrogen-bond acceptors (Lipinski definition) is 5. The second kappa shape index (κ2) is 3.07. The normalized spacial score (nSPS) is 10.7. The van der Waals surface area contributed by atoms with E-state index in [2.05, 4.69) is 14.9 Å². The van der Waals surface area contributed by atoms with E-state index in [1.54, 1.807) is 0 Å². The van der Waals surface area contributed by atoms with Crippen molar-refractivity contribution < 1.29 is 9.55 Å². The summed E-state index contributed by atoms with van der Waals surface area (Å²) < 4.78 is 4.37. The molecule has 0 bridgehead atoms. The molecule has 0 saturated heterocycles. The molecule has 0 N–H and O–H groups in total. The highest BCUT2D eigenvalue weighted by Gasteiger charge is 2.23. The van der Waals surface area contributed by atoms with Crippen molar-refractivity contribution in [2.45, 2.75) is 0 Å². The maximum Gasteiger partial charge on any atom is 0.308 e. The van der Waals surface area contributed by atoms with Gasteiger partial charge in [-0.2, -0.15) is 0 Å². The largest absolute Gasteiger partial charge is 0.308 e. The SMILES string of the molecule is O=[N+]([O-])c1c(Cl)cc2nonc2c1Cl. The van der Waals surface area contributed by atoms with Crippen LogP contribution in [-0.2, 0) is 0 Å². The topological polar surface area (TPSA) is 82.1 Å². The Kier molecular flexibility index (Phi) is 2.01. The molecule has 0 spiro atoms. The number of aromatic nitrogens is 2. The summed E-state index contributed by atoms with van der Waals surface area (Å²) in [5.74, 6) is 0. The molecule has 1 heterocycles. The van der Waals surface area contributed by atoms with Crippen molar-refractivity contribution in [3.8, 4) is 0 Å². The van der Waals surface area contributed by atoms with E-state index in [1.807, 2.05) is 0 Å². The summed E-state index contributed by atoms with van der Waals surface area (Å²) in [5, 5.41) is 17.2. The number of nitro groups is 1. The molecule has 14 heavy (non-hydrogen) atoms. The zero-order chi connectivity index (χ0) is 10.3. The third-order valence-electron chi connectivity index (χ3n) is 1.60. The van der Waals surface area contributed by atoms with E-state index in [9.17, 15) is 10.1 Å². The van der Waals surface area contributed by atoms with Crippen LogP contribution in [0, 0.1) is 10.1 Å². The molecule has 0 fully saturated rings. The zero-order valence-corrected chi connectivity index (χ0v) is 7.91. The fraction of sp³-hybridized carbons (Fsp3) is 0. The predicted octanol–water partition coefficient (Wildman–Crippen LogP) is 2.44. The van der Waals surface area contributed by atoms with Gasteiger partial charge in [-0.3, -0.25) is 10.1 Å². The second-order valence-corrected chi connectivity index (χ2v) is 3.20. The molecule has 1 aromatic carbocycles. The first-order valence-corrected chi connectivity index (χ1v) is 4.11. The molecule has 2 aromatic rings. The molecule has 0 unspecified atom stereocenters. The minimum absolute atomic E-state index is 0.0943. The Balaban J connectivity index is 2.89. The van der Waals surface area contributed by atoms with Crippen LogP contribution in [0.25, 0.3) is 11.0 Å². The minimum atomic E-state index is -0.682. The lowest BCUT2D eigenvalue weighted by Crippen LogP contribution is -1.91. The van der Waals surface area contributed by atoms with Crippen molar-refractivity contribution in [3.63, 3.8) is 0 Å². The highest BCUT2D eigenvalue weighted by molar-refractivity contribution is 6.41. The van der Waals surface area contributed by atoms with Crippen molar-refractivity contribution >= 4 is 39.9 Å². The van der Waals surface area contributed by atoms with Gasteiger partial charge in [-0.25, -0.2) is 4.63 Å². The van der Waals surface area contributed by atoms with Crippen molar-refractivity contribution in [2.24, 2.45) is 0 Å². The van der Waals surface area contributed by atoms with Crippen LogP contribution in [0.5, 0.6) is 0 Å². The van der Waals surface area contributed by atoms with E-state index in [-0.39, 0.29) is 21.1 Å². The van der Waals surface area contributed by atoms with Crippen LogP contribution in [-0.4, -0.2) is 15.2 Å². The average Bonchev–Trinajstić information content (AvgIpc) is 2.50. The molecule has 0 aliphatic heterocycles. The molecule has 0 atom stereocenters. The summed E-state index contributed by atoms with van der Waals surface area (Å²) in [6.07, 6.45) is 0. The summed E-state index contributed by atoms with van der Waals surface area (Å²) in [6, 6.07) is 1.28. The number of rotatable bonds is 1. The van der Waals surface area contributed by atoms with Gasteiger partial charge in [0.25, 0.3) is 0 Å². The van der Waals surface area contributed by atoms with Gasteiger partial charge in [-0.05, 0) is 16.4 Å². The molecule has 0 saturated carbocycles. The van der Waals surface area contributed by atoms with E-state index in [0.29, 0.717) is 0 Å². The van der Waals surface area contributed by atoms with Gasteiger partial charge in [0, 0.05) is 0 Å². The summed E-state index contributed by atoms with van der Waals surface area (Å²) >= 11 is 11.3. The number of hydrogen-bond donors (Lipinski definition) is 0. The van der Waals surface area contributed by atoms with Crippen LogP contribution < -0.4 is 0 Å². The molecule has 72 valence electrons. The lowest BCUT2D eigenvalue weighted by molar-refractivity contribution is -0.384. The monoisotopic (exact) mass is 233 g/mol. The van der Waals surface area contributed by atoms with Crippen LogP contribution in [0.3, 0.4) is 0 Å². The molecule has 0 amide bonds. The smallest absolute Gasteiger partial charge is 0.258 e. The van der Waals surface area contributed by atoms with Crippen LogP contribution >= 0.6 is 23.2 Å². The van der Waals surface area contributed by atoms with E-state index in [4.69, 9.17) is 23.2 Å². The second-order valence-electron chi connectivity index (χ2n) is 2.41. The van der Waals surface area contributed by atoms with Gasteiger partial charge in [-0.1, -0.05) is 23.2 Å². The van der Waals surface area contributed by atoms with Gasteiger partial charge in [-0.15, -0.1) is 0 Å². The zero-order valence-electron chi connectivity index (χ0n) is 6.40. The first-order valence-electron chi connectivity index (χ1n) is 3.36. The molecule has 0 radical (unpaired) electrons. The van der Waals surface area contributed by atoms with Gasteiger partial charge in [0.05, 0.1) is 4.92 Å². The first-order chi connectivity index (χ1) is 6.61. The average molecular weight is 234 g/mol. The van der Waals surface area contributed by atoms with Gasteiger partial charge in [0.1, 0.15) is 10.5 Å². The van der Waals surface area contributed by atoms with Gasteiger partial charge < -0.3 is 0 Å². The number of nitro benzene ring substituents is 1. The fourth-order valence-electron chi connectivity index (χ4n) is 1.02. The quantitative estimate of drug-likeness (QED) is 0.558. The fourth-order valence-corrected chi connectivity index (χ4v) is 1.63. The summed E-state index contributed by atoms with van der Waals surface area (Å²) in [6.45, 7) is 0. The van der Waals surface area contributed by atoms with E-state index >= 15 is 0 Å². The number of benzene rings is 1. The number of nitrogens with zero attached hydrogens (tertiary/aromatic N) is 3. The predicted molar refractivity (Wildman–Crippen MR) is 48.5 cm³/mol. The van der Waals surface area contributed by atoms with Crippen molar-refractivity contribution in [1.29, 1.82) is 0 Å². The van der Waals surface area contributed by atoms with Crippen molar-refractivity contribution in [3.05, 3.63) is 26.2 Å². The lowest BCUT2D eigenvalue weighted by Gasteiger charge is -1.96. The highest BCUT2D eigenvalue weighted by atomic mass is 35.5. The van der Waals surface area contributed by atoms with Crippen molar-refractivity contribution in [1.82, 2.24) is 10.3 Å². The summed E-state index contributed by atoms with van der Waals surface area (Å²) in [5.41, 5.74) is 0.0184.